The number of hydrogen-bond donors (Lipinski definition) is 0. The highest BCUT2D eigenvalue weighted by molar-refractivity contribution is 7.22. The van der Waals surface area contributed by atoms with Gasteiger partial charge in [0.25, 0.3) is 0 Å². The molecule has 0 spiro atoms. The van der Waals surface area contributed by atoms with Crippen molar-refractivity contribution in [3.05, 3.63) is 44.5 Å². The zero-order chi connectivity index (χ0) is 14.4. The molecule has 3 rings (SSSR count). The van der Waals surface area contributed by atoms with Gasteiger partial charge in [0, 0.05) is 14.1 Å². The van der Waals surface area contributed by atoms with Gasteiger partial charge in [0.05, 0.1) is 31.5 Å². The highest BCUT2D eigenvalue weighted by Gasteiger charge is 2.16. The van der Waals surface area contributed by atoms with Crippen molar-refractivity contribution in [1.29, 1.82) is 0 Å². The fraction of sp³-hybridized carbons (Fsp3) is 0.143. The summed E-state index contributed by atoms with van der Waals surface area (Å²) in [6.45, 7) is 0. The molecule has 102 valence electrons. The van der Waals surface area contributed by atoms with Crippen LogP contribution in [0.15, 0.2) is 29.1 Å². The first kappa shape index (κ1) is 13.6. The van der Waals surface area contributed by atoms with E-state index in [2.05, 4.69) is 4.98 Å². The van der Waals surface area contributed by atoms with E-state index in [-0.39, 0.29) is 10.5 Å². The largest absolute Gasteiger partial charge is 0.376 e. The minimum atomic E-state index is -0.198. The van der Waals surface area contributed by atoms with Crippen molar-refractivity contribution in [2.75, 3.05) is 19.0 Å². The van der Waals surface area contributed by atoms with Crippen molar-refractivity contribution in [2.24, 2.45) is 0 Å². The van der Waals surface area contributed by atoms with E-state index in [9.17, 15) is 4.79 Å². The quantitative estimate of drug-likeness (QED) is 0.631. The summed E-state index contributed by atoms with van der Waals surface area (Å²) in [4.78, 5) is 18.8. The van der Waals surface area contributed by atoms with Crippen LogP contribution in [-0.4, -0.2) is 19.1 Å². The molecular formula is C14H10Cl2N2OS. The first-order valence-electron chi connectivity index (χ1n) is 5.88. The van der Waals surface area contributed by atoms with Gasteiger partial charge in [0.2, 0.25) is 0 Å². The summed E-state index contributed by atoms with van der Waals surface area (Å²) >= 11 is 13.9. The van der Waals surface area contributed by atoms with Crippen molar-refractivity contribution in [3.8, 4) is 10.6 Å². The van der Waals surface area contributed by atoms with Crippen molar-refractivity contribution < 1.29 is 0 Å². The molecule has 0 amide bonds. The number of rotatable bonds is 1. The zero-order valence-electron chi connectivity index (χ0n) is 10.8. The highest BCUT2D eigenvalue weighted by atomic mass is 35.5. The molecule has 0 bridgehead atoms. The lowest BCUT2D eigenvalue weighted by molar-refractivity contribution is 1.13. The molecule has 0 N–H and O–H groups in total. The van der Waals surface area contributed by atoms with Gasteiger partial charge >= 0.3 is 0 Å². The molecule has 0 aromatic heterocycles. The summed E-state index contributed by atoms with van der Waals surface area (Å²) in [6.07, 6.45) is 0. The van der Waals surface area contributed by atoms with Gasteiger partial charge in [-0.1, -0.05) is 23.2 Å². The molecule has 1 aromatic rings. The van der Waals surface area contributed by atoms with Crippen LogP contribution in [0.4, 0.5) is 5.69 Å². The molecule has 0 atom stereocenters. The molecular weight excluding hydrogens is 315 g/mol. The maximum Gasteiger partial charge on any atom is 0.198 e. The lowest BCUT2D eigenvalue weighted by Crippen LogP contribution is -2.09. The summed E-state index contributed by atoms with van der Waals surface area (Å²) in [5, 5.41) is 0.826. The number of aromatic nitrogens is 1. The molecule has 1 aromatic carbocycles. The van der Waals surface area contributed by atoms with E-state index in [0.29, 0.717) is 15.6 Å². The molecule has 6 heteroatoms. The normalized spacial score (nSPS) is 11.2. The van der Waals surface area contributed by atoms with E-state index in [1.807, 2.05) is 31.1 Å². The predicted molar refractivity (Wildman–Crippen MR) is 86.9 cm³/mol. The van der Waals surface area contributed by atoms with Gasteiger partial charge in [-0.15, -0.1) is 11.3 Å². The Morgan fingerprint density at radius 2 is 1.85 bits per heavy atom. The van der Waals surface area contributed by atoms with Gasteiger partial charge in [0.15, 0.2) is 5.43 Å². The predicted octanol–water partition coefficient (Wildman–Crippen LogP) is 4.13. The molecule has 3 nitrogen and oxygen atoms in total. The van der Waals surface area contributed by atoms with Crippen LogP contribution in [0.1, 0.15) is 0 Å². The SMILES string of the molecule is CN(C)c1ccc2nc3ccc(=O)c(Cl)c-3sc2c1Cl. The Hall–Kier alpha value is -1.36. The van der Waals surface area contributed by atoms with Crippen LogP contribution in [0.5, 0.6) is 0 Å². The maximum atomic E-state index is 11.6. The maximum absolute atomic E-state index is 11.6. The number of anilines is 1. The summed E-state index contributed by atoms with van der Waals surface area (Å²) in [7, 11) is 3.85. The lowest BCUT2D eigenvalue weighted by atomic mass is 10.2. The van der Waals surface area contributed by atoms with Crippen LogP contribution < -0.4 is 10.3 Å². The van der Waals surface area contributed by atoms with Crippen molar-refractivity contribution >= 4 is 50.4 Å². The molecule has 1 aliphatic carbocycles. The fourth-order valence-corrected chi connectivity index (χ4v) is 3.76. The molecule has 1 heterocycles. The van der Waals surface area contributed by atoms with Crippen LogP contribution in [-0.2, 0) is 0 Å². The second-order valence-electron chi connectivity index (χ2n) is 4.58. The van der Waals surface area contributed by atoms with E-state index in [1.165, 1.54) is 17.4 Å². The lowest BCUT2D eigenvalue weighted by Gasteiger charge is -2.16. The smallest absolute Gasteiger partial charge is 0.198 e. The molecule has 0 fully saturated rings. The monoisotopic (exact) mass is 324 g/mol. The van der Waals surface area contributed by atoms with Crippen molar-refractivity contribution in [1.82, 2.24) is 4.98 Å². The van der Waals surface area contributed by atoms with E-state index >= 15 is 0 Å². The molecule has 0 saturated heterocycles. The standard InChI is InChI=1S/C14H10Cl2N2OS/c1-18(2)9-5-3-7-13(11(9)15)20-14-8(17-7)4-6-10(19)12(14)16/h3-6H,1-2H3. The molecule has 1 aliphatic heterocycles. The second kappa shape index (κ2) is 4.88. The summed E-state index contributed by atoms with van der Waals surface area (Å²) < 4.78 is 0.831. The fourth-order valence-electron chi connectivity index (χ4n) is 2.01. The Kier molecular flexibility index (Phi) is 3.32. The Morgan fingerprint density at radius 3 is 2.55 bits per heavy atom. The number of hydrogen-bond acceptors (Lipinski definition) is 4. The zero-order valence-corrected chi connectivity index (χ0v) is 13.1. The minimum Gasteiger partial charge on any atom is -0.376 e. The topological polar surface area (TPSA) is 33.2 Å². The highest BCUT2D eigenvalue weighted by Crippen LogP contribution is 2.40. The van der Waals surface area contributed by atoms with E-state index in [0.717, 1.165) is 15.9 Å². The third kappa shape index (κ3) is 2.04. The Balaban J connectivity index is 2.45. The van der Waals surface area contributed by atoms with E-state index in [1.54, 1.807) is 6.07 Å². The first-order valence-corrected chi connectivity index (χ1v) is 7.45. The van der Waals surface area contributed by atoms with Crippen LogP contribution >= 0.6 is 34.5 Å². The van der Waals surface area contributed by atoms with Gasteiger partial charge < -0.3 is 4.90 Å². The molecule has 20 heavy (non-hydrogen) atoms. The second-order valence-corrected chi connectivity index (χ2v) is 6.36. The first-order chi connectivity index (χ1) is 9.49. The third-order valence-electron chi connectivity index (χ3n) is 3.02. The van der Waals surface area contributed by atoms with Crippen molar-refractivity contribution in [2.45, 2.75) is 0 Å². The average Bonchev–Trinajstić information content (AvgIpc) is 2.42. The van der Waals surface area contributed by atoms with Gasteiger partial charge in [-0.25, -0.2) is 4.98 Å². The van der Waals surface area contributed by atoms with E-state index in [4.69, 9.17) is 23.2 Å². The van der Waals surface area contributed by atoms with Crippen LogP contribution in [0, 0.1) is 0 Å². The van der Waals surface area contributed by atoms with Gasteiger partial charge in [-0.3, -0.25) is 4.79 Å². The average molecular weight is 325 g/mol. The Bertz CT molecular complexity index is 845. The van der Waals surface area contributed by atoms with Crippen LogP contribution in [0.2, 0.25) is 10.0 Å². The number of benzene rings is 2. The van der Waals surface area contributed by atoms with Crippen molar-refractivity contribution in [3.63, 3.8) is 0 Å². The van der Waals surface area contributed by atoms with Gasteiger partial charge in [0.1, 0.15) is 5.02 Å². The minimum absolute atomic E-state index is 0.198. The van der Waals surface area contributed by atoms with Gasteiger partial charge in [-0.05, 0) is 24.3 Å². The van der Waals surface area contributed by atoms with Crippen LogP contribution in [0.25, 0.3) is 20.8 Å². The van der Waals surface area contributed by atoms with Gasteiger partial charge in [-0.2, -0.15) is 0 Å². The van der Waals surface area contributed by atoms with Crippen LogP contribution in [0.3, 0.4) is 0 Å². The molecule has 0 saturated carbocycles. The Labute approximate surface area is 129 Å². The molecule has 0 unspecified atom stereocenters. The number of nitrogens with zero attached hydrogens (tertiary/aromatic N) is 2. The third-order valence-corrected chi connectivity index (χ3v) is 5.24. The number of fused-ring (bicyclic) bond motifs is 2. The molecule has 2 aliphatic rings. The number of halogens is 2. The molecule has 0 radical (unpaired) electrons. The summed E-state index contributed by atoms with van der Waals surface area (Å²) in [5.74, 6) is 0. The summed E-state index contributed by atoms with van der Waals surface area (Å²) in [6, 6.07) is 6.98. The Morgan fingerprint density at radius 1 is 1.10 bits per heavy atom. The summed E-state index contributed by atoms with van der Waals surface area (Å²) in [5.41, 5.74) is 2.22. The van der Waals surface area contributed by atoms with E-state index < -0.39 is 0 Å².